The van der Waals surface area contributed by atoms with Gasteiger partial charge >= 0.3 is 0 Å². The maximum atomic E-state index is 11.1. The van der Waals surface area contributed by atoms with Crippen LogP contribution in [0.5, 0.6) is 0 Å². The molecule has 1 amide bonds. The number of β-amino-alcohol motifs (C(OH)–C–C–N with tert-alkyl or cyclic N) is 1. The van der Waals surface area contributed by atoms with E-state index in [1.54, 1.807) is 0 Å². The first kappa shape index (κ1) is 15.4. The smallest absolute Gasteiger partial charge is 0.290 e. The molecule has 3 rings (SSSR count). The molecule has 22 heavy (non-hydrogen) atoms. The topological polar surface area (TPSA) is 105 Å². The molecule has 0 spiro atoms. The summed E-state index contributed by atoms with van der Waals surface area (Å²) < 4.78 is 5.19. The van der Waals surface area contributed by atoms with E-state index in [0.29, 0.717) is 18.4 Å². The molecule has 2 aliphatic rings. The molecule has 0 aromatic carbocycles. The van der Waals surface area contributed by atoms with E-state index in [2.05, 4.69) is 22.0 Å². The second-order valence-electron chi connectivity index (χ2n) is 6.86. The van der Waals surface area contributed by atoms with E-state index in [4.69, 9.17) is 10.3 Å². The average Bonchev–Trinajstić information content (AvgIpc) is 3.11. The van der Waals surface area contributed by atoms with Gasteiger partial charge in [-0.3, -0.25) is 9.69 Å². The van der Waals surface area contributed by atoms with Crippen LogP contribution in [0.4, 0.5) is 0 Å². The predicted molar refractivity (Wildman–Crippen MR) is 78.9 cm³/mol. The summed E-state index contributed by atoms with van der Waals surface area (Å²) in [5.74, 6) is 0.370. The second kappa shape index (κ2) is 5.96. The molecule has 0 bridgehead atoms. The van der Waals surface area contributed by atoms with Gasteiger partial charge in [-0.2, -0.15) is 4.98 Å². The van der Waals surface area contributed by atoms with Crippen LogP contribution in [0, 0.1) is 5.92 Å². The van der Waals surface area contributed by atoms with Gasteiger partial charge in [0.1, 0.15) is 0 Å². The molecule has 2 heterocycles. The van der Waals surface area contributed by atoms with Gasteiger partial charge in [-0.05, 0) is 51.0 Å². The number of likely N-dealkylation sites (tertiary alicyclic amines) is 1. The van der Waals surface area contributed by atoms with Gasteiger partial charge in [0.15, 0.2) is 0 Å². The molecule has 1 saturated carbocycles. The van der Waals surface area contributed by atoms with Crippen molar-refractivity contribution in [3.63, 3.8) is 0 Å². The lowest BCUT2D eigenvalue weighted by Crippen LogP contribution is -2.45. The maximum absolute atomic E-state index is 11.1. The highest BCUT2D eigenvalue weighted by atomic mass is 16.5. The van der Waals surface area contributed by atoms with Crippen molar-refractivity contribution in [1.82, 2.24) is 15.0 Å². The largest absolute Gasteiger partial charge is 0.389 e. The van der Waals surface area contributed by atoms with Crippen molar-refractivity contribution in [3.05, 3.63) is 11.7 Å². The number of aliphatic hydroxyl groups is 1. The number of amides is 1. The van der Waals surface area contributed by atoms with Crippen LogP contribution >= 0.6 is 0 Å². The van der Waals surface area contributed by atoms with E-state index in [1.165, 1.54) is 0 Å². The van der Waals surface area contributed by atoms with Crippen molar-refractivity contribution in [3.8, 4) is 0 Å². The third kappa shape index (κ3) is 3.15. The zero-order valence-corrected chi connectivity index (χ0v) is 13.0. The molecule has 7 nitrogen and oxygen atoms in total. The summed E-state index contributed by atoms with van der Waals surface area (Å²) >= 11 is 0. The predicted octanol–water partition coefficient (Wildman–Crippen LogP) is 1.25. The molecule has 0 radical (unpaired) electrons. The lowest BCUT2D eigenvalue weighted by molar-refractivity contribution is -0.0398. The Morgan fingerprint density at radius 1 is 1.45 bits per heavy atom. The molecule has 1 aliphatic carbocycles. The fourth-order valence-electron chi connectivity index (χ4n) is 3.60. The summed E-state index contributed by atoms with van der Waals surface area (Å²) in [6.07, 6.45) is 5.74. The molecule has 122 valence electrons. The molecular formula is C15H24N4O3. The summed E-state index contributed by atoms with van der Waals surface area (Å²) in [4.78, 5) is 17.4. The van der Waals surface area contributed by atoms with Gasteiger partial charge in [-0.25, -0.2) is 0 Å². The molecule has 1 aromatic heterocycles. The molecule has 0 unspecified atom stereocenters. The summed E-state index contributed by atoms with van der Waals surface area (Å²) in [6, 6.07) is -0.0241. The molecule has 7 heteroatoms. The fraction of sp³-hybridized carbons (Fsp3) is 0.800. The Morgan fingerprint density at radius 2 is 2.18 bits per heavy atom. The lowest BCUT2D eigenvalue weighted by atomic mass is 9.79. The quantitative estimate of drug-likeness (QED) is 0.867. The molecule has 3 N–H and O–H groups in total. The van der Waals surface area contributed by atoms with Crippen molar-refractivity contribution >= 4 is 5.91 Å². The van der Waals surface area contributed by atoms with Crippen LogP contribution in [0.1, 0.15) is 68.0 Å². The van der Waals surface area contributed by atoms with Gasteiger partial charge < -0.3 is 15.4 Å². The average molecular weight is 308 g/mol. The van der Waals surface area contributed by atoms with Crippen LogP contribution < -0.4 is 5.73 Å². The summed E-state index contributed by atoms with van der Waals surface area (Å²) in [5.41, 5.74) is 4.54. The van der Waals surface area contributed by atoms with Gasteiger partial charge in [0.05, 0.1) is 11.6 Å². The molecule has 1 saturated heterocycles. The monoisotopic (exact) mass is 308 g/mol. The number of aromatic nitrogens is 2. The van der Waals surface area contributed by atoms with Gasteiger partial charge in [0, 0.05) is 6.54 Å². The Labute approximate surface area is 129 Å². The van der Waals surface area contributed by atoms with E-state index < -0.39 is 11.5 Å². The number of hydrogen-bond donors (Lipinski definition) is 2. The van der Waals surface area contributed by atoms with Crippen LogP contribution in [0.25, 0.3) is 0 Å². The first-order chi connectivity index (χ1) is 10.5. The van der Waals surface area contributed by atoms with Gasteiger partial charge in [0.25, 0.3) is 11.7 Å². The zero-order valence-electron chi connectivity index (χ0n) is 13.0. The number of carbonyl (C=O) groups excluding carboxylic acids is 1. The van der Waals surface area contributed by atoms with Crippen molar-refractivity contribution in [2.24, 2.45) is 11.7 Å². The zero-order chi connectivity index (χ0) is 15.7. The molecule has 1 aromatic rings. The number of nitrogens with two attached hydrogens (primary N) is 1. The maximum Gasteiger partial charge on any atom is 0.290 e. The minimum absolute atomic E-state index is 0.0241. The van der Waals surface area contributed by atoms with Crippen molar-refractivity contribution in [2.75, 3.05) is 13.1 Å². The Hall–Kier alpha value is -1.47. The first-order valence-corrected chi connectivity index (χ1v) is 8.07. The molecular weight excluding hydrogens is 284 g/mol. The normalized spacial score (nSPS) is 33.2. The summed E-state index contributed by atoms with van der Waals surface area (Å²) in [6.45, 7) is 3.76. The van der Waals surface area contributed by atoms with E-state index >= 15 is 0 Å². The third-order valence-corrected chi connectivity index (χ3v) is 5.01. The second-order valence-corrected chi connectivity index (χ2v) is 6.86. The Balaban J connectivity index is 1.69. The standard InChI is InChI=1S/C15H24N4O3/c1-10-4-6-15(21,7-5-10)9-19-8-2-3-11(19)14-17-13(12(16)20)18-22-14/h10-11,21H,2-9H2,1H3,(H2,16,20)/t10?,11-,15?/m0/s1. The molecule has 1 atom stereocenters. The fourth-order valence-corrected chi connectivity index (χ4v) is 3.60. The summed E-state index contributed by atoms with van der Waals surface area (Å²) in [7, 11) is 0. The van der Waals surface area contributed by atoms with Crippen LogP contribution in [-0.4, -0.2) is 44.7 Å². The Bertz CT molecular complexity index is 537. The third-order valence-electron chi connectivity index (χ3n) is 5.01. The number of primary amides is 1. The van der Waals surface area contributed by atoms with Gasteiger partial charge in [-0.1, -0.05) is 12.1 Å². The van der Waals surface area contributed by atoms with E-state index in [1.807, 2.05) is 0 Å². The minimum Gasteiger partial charge on any atom is -0.389 e. The number of rotatable bonds is 4. The van der Waals surface area contributed by atoms with Crippen molar-refractivity contribution in [1.29, 1.82) is 0 Å². The Kier molecular flexibility index (Phi) is 4.18. The number of carbonyl (C=O) groups is 1. The SMILES string of the molecule is CC1CCC(O)(CN2CCC[C@H]2c2nc(C(N)=O)no2)CC1. The number of nitrogens with zero attached hydrogens (tertiary/aromatic N) is 3. The first-order valence-electron chi connectivity index (χ1n) is 8.07. The van der Waals surface area contributed by atoms with Crippen LogP contribution in [0.2, 0.25) is 0 Å². The summed E-state index contributed by atoms with van der Waals surface area (Å²) in [5, 5.41) is 14.4. The van der Waals surface area contributed by atoms with Crippen molar-refractivity contribution < 1.29 is 14.4 Å². The number of hydrogen-bond acceptors (Lipinski definition) is 6. The van der Waals surface area contributed by atoms with E-state index in [0.717, 1.165) is 45.1 Å². The lowest BCUT2D eigenvalue weighted by Gasteiger charge is -2.38. The molecule has 2 fully saturated rings. The van der Waals surface area contributed by atoms with Crippen molar-refractivity contribution in [2.45, 2.75) is 57.1 Å². The highest BCUT2D eigenvalue weighted by Gasteiger charge is 2.39. The van der Waals surface area contributed by atoms with Crippen LogP contribution in [-0.2, 0) is 0 Å². The van der Waals surface area contributed by atoms with E-state index in [-0.39, 0.29) is 11.9 Å². The van der Waals surface area contributed by atoms with E-state index in [9.17, 15) is 9.90 Å². The van der Waals surface area contributed by atoms with Gasteiger partial charge in [-0.15, -0.1) is 0 Å². The highest BCUT2D eigenvalue weighted by Crippen LogP contribution is 2.37. The minimum atomic E-state index is -0.681. The van der Waals surface area contributed by atoms with Crippen LogP contribution in [0.3, 0.4) is 0 Å². The molecule has 1 aliphatic heterocycles. The van der Waals surface area contributed by atoms with Gasteiger partial charge in [0.2, 0.25) is 5.89 Å². The Morgan fingerprint density at radius 3 is 2.82 bits per heavy atom. The van der Waals surface area contributed by atoms with Crippen LogP contribution in [0.15, 0.2) is 4.52 Å². The highest BCUT2D eigenvalue weighted by molar-refractivity contribution is 5.88.